The normalized spacial score (nSPS) is 13.4. The van der Waals surface area contributed by atoms with Gasteiger partial charge in [-0.3, -0.25) is 0 Å². The molecule has 0 aliphatic heterocycles. The monoisotopic (exact) mass is 295 g/mol. The summed E-state index contributed by atoms with van der Waals surface area (Å²) in [6.45, 7) is 3.93. The minimum atomic E-state index is -3.42. The fraction of sp³-hybridized carbons (Fsp3) is 0.286. The molecule has 5 heteroatoms. The van der Waals surface area contributed by atoms with Crippen LogP contribution in [-0.2, 0) is 16.4 Å². The SMILES string of the molecule is Cc1ccc(CC(C)NS(=O)(=O)c2ccccc2)s1. The van der Waals surface area contributed by atoms with Crippen LogP contribution < -0.4 is 4.72 Å². The van der Waals surface area contributed by atoms with E-state index in [1.807, 2.05) is 19.9 Å². The molecule has 1 atom stereocenters. The van der Waals surface area contributed by atoms with Gasteiger partial charge in [-0.15, -0.1) is 11.3 Å². The molecule has 2 aromatic rings. The molecule has 0 radical (unpaired) electrons. The molecule has 3 nitrogen and oxygen atoms in total. The van der Waals surface area contributed by atoms with Gasteiger partial charge in [-0.05, 0) is 44.5 Å². The average Bonchev–Trinajstić information content (AvgIpc) is 2.75. The maximum Gasteiger partial charge on any atom is 0.240 e. The maximum atomic E-state index is 12.1. The second-order valence-corrected chi connectivity index (χ2v) is 7.64. The Morgan fingerprint density at radius 2 is 1.84 bits per heavy atom. The van der Waals surface area contributed by atoms with Gasteiger partial charge < -0.3 is 0 Å². The maximum absolute atomic E-state index is 12.1. The second kappa shape index (κ2) is 5.86. The Labute approximate surface area is 118 Å². The Morgan fingerprint density at radius 3 is 2.42 bits per heavy atom. The largest absolute Gasteiger partial charge is 0.240 e. The summed E-state index contributed by atoms with van der Waals surface area (Å²) in [5, 5.41) is 0. The zero-order valence-electron chi connectivity index (χ0n) is 11.0. The number of rotatable bonds is 5. The van der Waals surface area contributed by atoms with Crippen LogP contribution in [-0.4, -0.2) is 14.5 Å². The van der Waals surface area contributed by atoms with Crippen LogP contribution in [0.5, 0.6) is 0 Å². The van der Waals surface area contributed by atoms with Crippen LogP contribution in [0.3, 0.4) is 0 Å². The first-order valence-electron chi connectivity index (χ1n) is 6.10. The summed E-state index contributed by atoms with van der Waals surface area (Å²) < 4.78 is 27.0. The standard InChI is InChI=1S/C14H17NO2S2/c1-11(10-13-9-8-12(2)18-13)15-19(16,17)14-6-4-3-5-7-14/h3-9,11,15H,10H2,1-2H3. The first-order valence-corrected chi connectivity index (χ1v) is 8.40. The van der Waals surface area contributed by atoms with E-state index in [0.717, 1.165) is 0 Å². The molecule has 1 unspecified atom stereocenters. The molecule has 0 spiro atoms. The van der Waals surface area contributed by atoms with E-state index in [9.17, 15) is 8.42 Å². The van der Waals surface area contributed by atoms with Crippen LogP contribution >= 0.6 is 11.3 Å². The highest BCUT2D eigenvalue weighted by Crippen LogP contribution is 2.17. The Balaban J connectivity index is 2.04. The first-order chi connectivity index (χ1) is 8.97. The van der Waals surface area contributed by atoms with E-state index in [1.165, 1.54) is 9.75 Å². The fourth-order valence-corrected chi connectivity index (χ4v) is 4.15. The van der Waals surface area contributed by atoms with E-state index >= 15 is 0 Å². The smallest absolute Gasteiger partial charge is 0.208 e. The molecular formula is C14H17NO2S2. The van der Waals surface area contributed by atoms with Crippen molar-refractivity contribution in [3.05, 3.63) is 52.2 Å². The van der Waals surface area contributed by atoms with Crippen molar-refractivity contribution in [2.75, 3.05) is 0 Å². The van der Waals surface area contributed by atoms with Crippen LogP contribution in [0.2, 0.25) is 0 Å². The van der Waals surface area contributed by atoms with E-state index in [2.05, 4.69) is 10.8 Å². The number of sulfonamides is 1. The van der Waals surface area contributed by atoms with Gasteiger partial charge in [0.25, 0.3) is 0 Å². The highest BCUT2D eigenvalue weighted by molar-refractivity contribution is 7.89. The number of benzene rings is 1. The molecule has 0 aliphatic rings. The number of aryl methyl sites for hydroxylation is 1. The molecule has 19 heavy (non-hydrogen) atoms. The van der Waals surface area contributed by atoms with Crippen molar-refractivity contribution in [1.29, 1.82) is 0 Å². The number of nitrogens with one attached hydrogen (secondary N) is 1. The number of hydrogen-bond donors (Lipinski definition) is 1. The van der Waals surface area contributed by atoms with Crippen molar-refractivity contribution in [2.24, 2.45) is 0 Å². The van der Waals surface area contributed by atoms with Crippen LogP contribution in [0.25, 0.3) is 0 Å². The zero-order chi connectivity index (χ0) is 13.9. The van der Waals surface area contributed by atoms with Crippen LogP contribution in [0, 0.1) is 6.92 Å². The minimum Gasteiger partial charge on any atom is -0.208 e. The molecule has 0 saturated heterocycles. The summed E-state index contributed by atoms with van der Waals surface area (Å²) in [7, 11) is -3.42. The summed E-state index contributed by atoms with van der Waals surface area (Å²) in [5.74, 6) is 0. The van der Waals surface area contributed by atoms with E-state index < -0.39 is 10.0 Å². The molecule has 0 fully saturated rings. The summed E-state index contributed by atoms with van der Waals surface area (Å²) in [5.41, 5.74) is 0. The van der Waals surface area contributed by atoms with Gasteiger partial charge in [0.2, 0.25) is 10.0 Å². The lowest BCUT2D eigenvalue weighted by molar-refractivity contribution is 0.560. The van der Waals surface area contributed by atoms with Gasteiger partial charge in [-0.1, -0.05) is 18.2 Å². The minimum absolute atomic E-state index is 0.122. The van der Waals surface area contributed by atoms with Gasteiger partial charge in [-0.2, -0.15) is 0 Å². The predicted molar refractivity (Wildman–Crippen MR) is 79.0 cm³/mol. The topological polar surface area (TPSA) is 46.2 Å². The molecule has 0 amide bonds. The van der Waals surface area contributed by atoms with Gasteiger partial charge in [0.05, 0.1) is 4.90 Å². The lowest BCUT2D eigenvalue weighted by Gasteiger charge is -2.13. The third kappa shape index (κ3) is 3.89. The molecule has 0 bridgehead atoms. The molecule has 2 rings (SSSR count). The first kappa shape index (κ1) is 14.2. The van der Waals surface area contributed by atoms with Crippen molar-refractivity contribution in [1.82, 2.24) is 4.72 Å². The average molecular weight is 295 g/mol. The Hall–Kier alpha value is -1.17. The third-order valence-electron chi connectivity index (χ3n) is 2.71. The van der Waals surface area contributed by atoms with E-state index in [0.29, 0.717) is 11.3 Å². The summed E-state index contributed by atoms with van der Waals surface area (Å²) >= 11 is 1.70. The van der Waals surface area contributed by atoms with E-state index in [1.54, 1.807) is 41.7 Å². The van der Waals surface area contributed by atoms with Crippen LogP contribution in [0.4, 0.5) is 0 Å². The van der Waals surface area contributed by atoms with E-state index in [-0.39, 0.29) is 6.04 Å². The lowest BCUT2D eigenvalue weighted by Crippen LogP contribution is -2.33. The molecule has 0 aliphatic carbocycles. The molecule has 0 saturated carbocycles. The molecule has 1 heterocycles. The number of hydrogen-bond acceptors (Lipinski definition) is 3. The Morgan fingerprint density at radius 1 is 1.16 bits per heavy atom. The van der Waals surface area contributed by atoms with Crippen LogP contribution in [0.1, 0.15) is 16.7 Å². The van der Waals surface area contributed by atoms with Gasteiger partial charge in [0.1, 0.15) is 0 Å². The lowest BCUT2D eigenvalue weighted by atomic mass is 10.2. The van der Waals surface area contributed by atoms with E-state index in [4.69, 9.17) is 0 Å². The van der Waals surface area contributed by atoms with Crippen molar-refractivity contribution >= 4 is 21.4 Å². The van der Waals surface area contributed by atoms with Crippen molar-refractivity contribution in [3.63, 3.8) is 0 Å². The van der Waals surface area contributed by atoms with Gasteiger partial charge >= 0.3 is 0 Å². The van der Waals surface area contributed by atoms with Gasteiger partial charge in [-0.25, -0.2) is 13.1 Å². The molecular weight excluding hydrogens is 278 g/mol. The van der Waals surface area contributed by atoms with Crippen LogP contribution in [0.15, 0.2) is 47.4 Å². The molecule has 102 valence electrons. The molecule has 1 N–H and O–H groups in total. The fourth-order valence-electron chi connectivity index (χ4n) is 1.87. The number of thiophene rings is 1. The summed E-state index contributed by atoms with van der Waals surface area (Å²) in [6, 6.07) is 12.4. The second-order valence-electron chi connectivity index (χ2n) is 4.55. The van der Waals surface area contributed by atoms with Gasteiger partial charge in [0.15, 0.2) is 0 Å². The Bertz CT molecular complexity index is 632. The predicted octanol–water partition coefficient (Wildman–Crippen LogP) is 2.97. The van der Waals surface area contributed by atoms with Crippen molar-refractivity contribution < 1.29 is 8.42 Å². The van der Waals surface area contributed by atoms with Crippen molar-refractivity contribution in [3.8, 4) is 0 Å². The molecule has 1 aromatic heterocycles. The third-order valence-corrected chi connectivity index (χ3v) is 5.34. The molecule has 1 aromatic carbocycles. The quantitative estimate of drug-likeness (QED) is 0.922. The zero-order valence-corrected chi connectivity index (χ0v) is 12.6. The summed E-state index contributed by atoms with van der Waals surface area (Å²) in [4.78, 5) is 2.75. The highest BCUT2D eigenvalue weighted by Gasteiger charge is 2.17. The summed E-state index contributed by atoms with van der Waals surface area (Å²) in [6.07, 6.45) is 0.713. The van der Waals surface area contributed by atoms with Gasteiger partial charge in [0, 0.05) is 15.8 Å². The Kier molecular flexibility index (Phi) is 4.39. The highest BCUT2D eigenvalue weighted by atomic mass is 32.2. The van der Waals surface area contributed by atoms with Crippen molar-refractivity contribution in [2.45, 2.75) is 31.2 Å².